The Morgan fingerprint density at radius 2 is 0.907 bits per heavy atom. The van der Waals surface area contributed by atoms with Gasteiger partial charge in [0, 0.05) is 12.8 Å². The van der Waals surface area contributed by atoms with Gasteiger partial charge in [0.2, 0.25) is 0 Å². The van der Waals surface area contributed by atoms with Crippen molar-refractivity contribution in [2.24, 2.45) is 0 Å². The Bertz CT molecular complexity index is 1990. The number of hydrogen-bond donors (Lipinski definition) is 0. The minimum atomic E-state index is -1.61. The van der Waals surface area contributed by atoms with Gasteiger partial charge in [-0.15, -0.1) is 0 Å². The van der Waals surface area contributed by atoms with E-state index in [9.17, 15) is 0 Å². The second-order valence-corrected chi connectivity index (χ2v) is 15.2. The lowest BCUT2D eigenvalue weighted by Crippen LogP contribution is -2.19. The van der Waals surface area contributed by atoms with E-state index in [0.717, 1.165) is 0 Å². The molecule has 0 aromatic heterocycles. The molecule has 0 aliphatic heterocycles. The molecule has 1 heteroatoms. The van der Waals surface area contributed by atoms with Gasteiger partial charge < -0.3 is 0 Å². The van der Waals surface area contributed by atoms with Gasteiger partial charge in [0.1, 0.15) is 8.80 Å². The zero-order valence-corrected chi connectivity index (χ0v) is 26.1. The van der Waals surface area contributed by atoms with E-state index in [1.807, 2.05) is 0 Å². The summed E-state index contributed by atoms with van der Waals surface area (Å²) in [4.78, 5) is 0. The van der Waals surface area contributed by atoms with Crippen molar-refractivity contribution in [2.75, 3.05) is 0 Å². The fraction of sp³-hybridized carbons (Fsp3) is 0.0952. The van der Waals surface area contributed by atoms with E-state index < -0.39 is 8.80 Å². The highest BCUT2D eigenvalue weighted by Crippen LogP contribution is 2.50. The summed E-state index contributed by atoms with van der Waals surface area (Å²) in [6.45, 7) is 7.12. The van der Waals surface area contributed by atoms with E-state index in [4.69, 9.17) is 0 Å². The first kappa shape index (κ1) is 26.2. The quantitative estimate of drug-likeness (QED) is 0.182. The van der Waals surface area contributed by atoms with Gasteiger partial charge in [0.25, 0.3) is 0 Å². The van der Waals surface area contributed by atoms with Gasteiger partial charge >= 0.3 is 0 Å². The maximum Gasteiger partial charge on any atom is 0.104 e. The third-order valence-electron chi connectivity index (χ3n) is 9.55. The molecule has 2 aliphatic carbocycles. The molecule has 0 saturated carbocycles. The van der Waals surface area contributed by atoms with Gasteiger partial charge in [-0.2, -0.15) is 0 Å². The topological polar surface area (TPSA) is 0 Å². The number of rotatable bonds is 5. The lowest BCUT2D eigenvalue weighted by Gasteiger charge is -2.25. The lowest BCUT2D eigenvalue weighted by molar-refractivity contribution is 1.42. The van der Waals surface area contributed by atoms with Crippen LogP contribution in [0.1, 0.15) is 43.0 Å². The van der Waals surface area contributed by atoms with Crippen LogP contribution in [0.5, 0.6) is 0 Å². The fourth-order valence-electron chi connectivity index (χ4n) is 7.64. The molecule has 0 heterocycles. The van der Waals surface area contributed by atoms with Gasteiger partial charge in [-0.05, 0) is 92.0 Å². The summed E-state index contributed by atoms with van der Waals surface area (Å²) in [5, 5.41) is 8.40. The maximum absolute atomic E-state index is 2.44. The second kappa shape index (κ2) is 10.4. The predicted octanol–water partition coefficient (Wildman–Crippen LogP) is 11.0. The molecule has 2 radical (unpaired) electrons. The zero-order valence-electron chi connectivity index (χ0n) is 25.0. The lowest BCUT2D eigenvalue weighted by atomic mass is 9.95. The number of hydrogen-bond acceptors (Lipinski definition) is 0. The minimum Gasteiger partial charge on any atom is -0.0674 e. The molecule has 6 aromatic carbocycles. The SMILES string of the molecule is CC[SiH](C1=C(C)[CH]c2cccc(-c3ccc4ccccc4c3)c21)C1=C(C)[CH]c2cccc(-c3ccc4ccccc4c3)c21. The molecule has 0 fully saturated rings. The van der Waals surface area contributed by atoms with E-state index in [1.165, 1.54) is 83.2 Å². The number of allylic oxidation sites excluding steroid dienone is 2. The third kappa shape index (κ3) is 4.26. The molecule has 0 bridgehead atoms. The van der Waals surface area contributed by atoms with Gasteiger partial charge in [0.05, 0.1) is 0 Å². The molecule has 0 unspecified atom stereocenters. The Morgan fingerprint density at radius 1 is 0.465 bits per heavy atom. The van der Waals surface area contributed by atoms with Crippen LogP contribution in [-0.4, -0.2) is 8.80 Å². The smallest absolute Gasteiger partial charge is 0.0674 e. The van der Waals surface area contributed by atoms with E-state index in [2.05, 4.69) is 155 Å². The Hall–Kier alpha value is -4.46. The third-order valence-corrected chi connectivity index (χ3v) is 13.3. The molecule has 6 aromatic rings. The van der Waals surface area contributed by atoms with Crippen LogP contribution in [0.2, 0.25) is 6.04 Å². The van der Waals surface area contributed by atoms with Crippen LogP contribution in [0.3, 0.4) is 0 Å². The standard InChI is InChI=1S/C42H34Si/c1-4-43(41-27(2)23-35-15-9-17-37(39(35)41)33-21-19-29-11-5-7-13-31(29)25-33)42-28(3)24-36-16-10-18-38(40(36)42)34-22-20-30-12-6-8-14-32(30)26-34/h5-26,43H,4H2,1-3H3. The molecule has 0 N–H and O–H groups in total. The number of benzene rings is 6. The summed E-state index contributed by atoms with van der Waals surface area (Å²) >= 11 is 0. The molecule has 206 valence electrons. The van der Waals surface area contributed by atoms with Crippen LogP contribution in [0.15, 0.2) is 132 Å². The van der Waals surface area contributed by atoms with Gasteiger partial charge in [0.15, 0.2) is 0 Å². The van der Waals surface area contributed by atoms with Crippen molar-refractivity contribution in [1.82, 2.24) is 0 Å². The first-order valence-corrected chi connectivity index (χ1v) is 17.4. The fourth-order valence-corrected chi connectivity index (χ4v) is 11.4. The Balaban J connectivity index is 1.29. The Kier molecular flexibility index (Phi) is 6.31. The molecule has 0 spiro atoms. The second-order valence-electron chi connectivity index (χ2n) is 12.1. The summed E-state index contributed by atoms with van der Waals surface area (Å²) in [6, 6.07) is 46.3. The molecule has 0 atom stereocenters. The average molecular weight is 567 g/mol. The molecule has 0 nitrogen and oxygen atoms in total. The molecule has 2 aliphatic rings. The van der Waals surface area contributed by atoms with E-state index >= 15 is 0 Å². The maximum atomic E-state index is 2.44. The Morgan fingerprint density at radius 3 is 1.35 bits per heavy atom. The monoisotopic (exact) mass is 566 g/mol. The highest BCUT2D eigenvalue weighted by Gasteiger charge is 2.35. The number of fused-ring (bicyclic) bond motifs is 4. The molecular weight excluding hydrogens is 533 g/mol. The summed E-state index contributed by atoms with van der Waals surface area (Å²) in [6.07, 6.45) is 4.88. The van der Waals surface area contributed by atoms with Crippen LogP contribution in [-0.2, 0) is 0 Å². The van der Waals surface area contributed by atoms with Crippen LogP contribution in [0, 0.1) is 12.8 Å². The van der Waals surface area contributed by atoms with Gasteiger partial charge in [-0.1, -0.05) is 144 Å². The largest absolute Gasteiger partial charge is 0.104 e. The normalized spacial score (nSPS) is 14.3. The first-order chi connectivity index (χ1) is 21.1. The summed E-state index contributed by atoms with van der Waals surface area (Å²) in [7, 11) is -1.61. The van der Waals surface area contributed by atoms with Crippen molar-refractivity contribution in [3.63, 3.8) is 0 Å². The van der Waals surface area contributed by atoms with Crippen molar-refractivity contribution in [1.29, 1.82) is 0 Å². The van der Waals surface area contributed by atoms with Crippen molar-refractivity contribution >= 4 is 40.7 Å². The van der Waals surface area contributed by atoms with Crippen molar-refractivity contribution < 1.29 is 0 Å². The predicted molar refractivity (Wildman–Crippen MR) is 188 cm³/mol. The first-order valence-electron chi connectivity index (χ1n) is 15.5. The van der Waals surface area contributed by atoms with Crippen LogP contribution < -0.4 is 0 Å². The highest BCUT2D eigenvalue weighted by molar-refractivity contribution is 6.95. The molecule has 43 heavy (non-hydrogen) atoms. The van der Waals surface area contributed by atoms with Crippen molar-refractivity contribution in [3.05, 3.63) is 168 Å². The highest BCUT2D eigenvalue weighted by atomic mass is 28.3. The van der Waals surface area contributed by atoms with E-state index in [0.29, 0.717) is 0 Å². The summed E-state index contributed by atoms with van der Waals surface area (Å²) in [5.74, 6) is 0. The van der Waals surface area contributed by atoms with E-state index in [-0.39, 0.29) is 0 Å². The van der Waals surface area contributed by atoms with E-state index in [1.54, 1.807) is 10.4 Å². The zero-order chi connectivity index (χ0) is 29.1. The molecule has 0 saturated heterocycles. The molecular formula is C42H34Si. The van der Waals surface area contributed by atoms with Gasteiger partial charge in [-0.3, -0.25) is 0 Å². The molecule has 0 amide bonds. The van der Waals surface area contributed by atoms with Crippen molar-refractivity contribution in [3.8, 4) is 22.3 Å². The summed E-state index contributed by atoms with van der Waals surface area (Å²) in [5.41, 5.74) is 13.9. The van der Waals surface area contributed by atoms with Gasteiger partial charge in [-0.25, -0.2) is 0 Å². The minimum absolute atomic E-state index is 1.18. The van der Waals surface area contributed by atoms with Crippen molar-refractivity contribution in [2.45, 2.75) is 26.8 Å². The average Bonchev–Trinajstić information content (AvgIpc) is 3.56. The Labute approximate surface area is 256 Å². The van der Waals surface area contributed by atoms with Crippen LogP contribution in [0.25, 0.3) is 54.2 Å². The molecule has 8 rings (SSSR count). The van der Waals surface area contributed by atoms with Crippen LogP contribution in [0.4, 0.5) is 0 Å². The van der Waals surface area contributed by atoms with Crippen LogP contribution >= 0.6 is 0 Å². The summed E-state index contributed by atoms with van der Waals surface area (Å²) < 4.78 is 0.